The molecule has 28 heavy (non-hydrogen) atoms. The predicted molar refractivity (Wildman–Crippen MR) is 112 cm³/mol. The van der Waals surface area contributed by atoms with Crippen LogP contribution >= 0.6 is 0 Å². The molecular formula is C21H31N3O3S. The van der Waals surface area contributed by atoms with Crippen molar-refractivity contribution in [1.29, 1.82) is 0 Å². The average Bonchev–Trinajstić information content (AvgIpc) is 2.68. The van der Waals surface area contributed by atoms with Crippen LogP contribution in [0.1, 0.15) is 38.7 Å². The number of likely N-dealkylation sites (tertiary alicyclic amines) is 1. The molecule has 6 nitrogen and oxygen atoms in total. The first-order valence-corrected chi connectivity index (χ1v) is 11.6. The lowest BCUT2D eigenvalue weighted by Crippen LogP contribution is -2.54. The Bertz CT molecular complexity index is 776. The van der Waals surface area contributed by atoms with Crippen molar-refractivity contribution in [3.05, 3.63) is 41.3 Å². The van der Waals surface area contributed by atoms with E-state index < -0.39 is 10.0 Å². The minimum Gasteiger partial charge on any atom is -0.336 e. The number of amides is 1. The predicted octanol–water partition coefficient (Wildman–Crippen LogP) is 2.39. The number of carbonyl (C=O) groups excluding carboxylic acids is 1. The highest BCUT2D eigenvalue weighted by Crippen LogP contribution is 2.23. The molecule has 2 saturated heterocycles. The normalized spacial score (nSPS) is 25.3. The van der Waals surface area contributed by atoms with Gasteiger partial charge in [-0.2, -0.15) is 4.31 Å². The zero-order valence-corrected chi connectivity index (χ0v) is 17.6. The summed E-state index contributed by atoms with van der Waals surface area (Å²) >= 11 is 0. The van der Waals surface area contributed by atoms with E-state index in [0.29, 0.717) is 44.8 Å². The summed E-state index contributed by atoms with van der Waals surface area (Å²) in [6.45, 7) is 6.62. The Labute approximate surface area is 168 Å². The minimum atomic E-state index is -3.44. The van der Waals surface area contributed by atoms with Crippen molar-refractivity contribution in [1.82, 2.24) is 14.1 Å². The highest BCUT2D eigenvalue weighted by Gasteiger charge is 2.31. The van der Waals surface area contributed by atoms with Gasteiger partial charge >= 0.3 is 0 Å². The quantitative estimate of drug-likeness (QED) is 0.755. The van der Waals surface area contributed by atoms with Gasteiger partial charge in [-0.15, -0.1) is 0 Å². The molecule has 0 aliphatic carbocycles. The van der Waals surface area contributed by atoms with E-state index in [2.05, 4.69) is 18.7 Å². The smallest absolute Gasteiger partial charge is 0.237 e. The fraction of sp³-hybridized carbons (Fsp3) is 0.571. The molecular weight excluding hydrogens is 374 g/mol. The Morgan fingerprint density at radius 2 is 1.64 bits per heavy atom. The summed E-state index contributed by atoms with van der Waals surface area (Å²) in [5, 5.41) is 1.28. The standard InChI is InChI=1S/C21H31N3O3S/c1-18-7-6-8-19(2)24(18)21(25)17-22-12-14-23(15-13-22)28(26,27)16-11-20-9-4-3-5-10-20/h3-5,9-11,16,18-19H,6-8,12-15,17H2,1-2H3/b16-11+/t18-,19-/m1/s1. The van der Waals surface area contributed by atoms with E-state index in [0.717, 1.165) is 18.4 Å². The molecule has 0 unspecified atom stereocenters. The van der Waals surface area contributed by atoms with Crippen molar-refractivity contribution >= 4 is 22.0 Å². The molecule has 0 aromatic heterocycles. The van der Waals surface area contributed by atoms with Crippen LogP contribution in [0, 0.1) is 0 Å². The van der Waals surface area contributed by atoms with E-state index in [1.54, 1.807) is 6.08 Å². The zero-order chi connectivity index (χ0) is 20.1. The number of rotatable bonds is 5. The van der Waals surface area contributed by atoms with E-state index in [1.165, 1.54) is 16.1 Å². The van der Waals surface area contributed by atoms with Gasteiger partial charge in [-0.3, -0.25) is 9.69 Å². The topological polar surface area (TPSA) is 60.9 Å². The molecule has 2 aliphatic rings. The van der Waals surface area contributed by atoms with Gasteiger partial charge in [0.1, 0.15) is 0 Å². The van der Waals surface area contributed by atoms with Gasteiger partial charge in [0.25, 0.3) is 0 Å². The molecule has 0 radical (unpaired) electrons. The van der Waals surface area contributed by atoms with E-state index >= 15 is 0 Å². The molecule has 0 bridgehead atoms. The van der Waals surface area contributed by atoms with E-state index in [1.807, 2.05) is 35.2 Å². The van der Waals surface area contributed by atoms with Crippen LogP contribution in [0.2, 0.25) is 0 Å². The summed E-state index contributed by atoms with van der Waals surface area (Å²) < 4.78 is 26.6. The SMILES string of the molecule is C[C@@H]1CCC[C@@H](C)N1C(=O)CN1CCN(S(=O)(=O)/C=C/c2ccccc2)CC1. The summed E-state index contributed by atoms with van der Waals surface area (Å²) in [6.07, 6.45) is 4.94. The number of benzene rings is 1. The molecule has 7 heteroatoms. The highest BCUT2D eigenvalue weighted by molar-refractivity contribution is 7.92. The third-order valence-electron chi connectivity index (χ3n) is 5.76. The van der Waals surface area contributed by atoms with Gasteiger partial charge in [0.2, 0.25) is 15.9 Å². The van der Waals surface area contributed by atoms with Crippen molar-refractivity contribution < 1.29 is 13.2 Å². The molecule has 154 valence electrons. The molecule has 2 aliphatic heterocycles. The molecule has 2 fully saturated rings. The molecule has 0 saturated carbocycles. The van der Waals surface area contributed by atoms with Crippen LogP contribution in [0.25, 0.3) is 6.08 Å². The van der Waals surface area contributed by atoms with Crippen molar-refractivity contribution in [3.63, 3.8) is 0 Å². The molecule has 1 amide bonds. The number of hydrogen-bond donors (Lipinski definition) is 0. The Kier molecular flexibility index (Phi) is 6.91. The zero-order valence-electron chi connectivity index (χ0n) is 16.8. The molecule has 2 heterocycles. The van der Waals surface area contributed by atoms with Gasteiger partial charge in [0.15, 0.2) is 0 Å². The second-order valence-corrected chi connectivity index (χ2v) is 9.68. The lowest BCUT2D eigenvalue weighted by molar-refractivity contribution is -0.138. The Morgan fingerprint density at radius 1 is 1.04 bits per heavy atom. The summed E-state index contributed by atoms with van der Waals surface area (Å²) in [5.74, 6) is 0.167. The van der Waals surface area contributed by atoms with Gasteiger partial charge in [-0.25, -0.2) is 8.42 Å². The van der Waals surface area contributed by atoms with Crippen LogP contribution in [-0.2, 0) is 14.8 Å². The Balaban J connectivity index is 1.52. The van der Waals surface area contributed by atoms with Crippen molar-refractivity contribution in [2.45, 2.75) is 45.2 Å². The summed E-state index contributed by atoms with van der Waals surface area (Å²) in [5.41, 5.74) is 0.861. The summed E-state index contributed by atoms with van der Waals surface area (Å²) in [7, 11) is -3.44. The van der Waals surface area contributed by atoms with Gasteiger partial charge in [-0.05, 0) is 44.7 Å². The summed E-state index contributed by atoms with van der Waals surface area (Å²) in [6, 6.07) is 9.99. The number of piperidine rings is 1. The molecule has 3 rings (SSSR count). The maximum absolute atomic E-state index is 12.8. The first kappa shape index (κ1) is 21.0. The van der Waals surface area contributed by atoms with Crippen LogP contribution < -0.4 is 0 Å². The lowest BCUT2D eigenvalue weighted by atomic mass is 9.97. The van der Waals surface area contributed by atoms with Crippen LogP contribution in [-0.4, -0.2) is 73.2 Å². The van der Waals surface area contributed by atoms with Crippen LogP contribution in [0.3, 0.4) is 0 Å². The minimum absolute atomic E-state index is 0.167. The largest absolute Gasteiger partial charge is 0.336 e. The maximum atomic E-state index is 12.8. The number of piperazine rings is 1. The van der Waals surface area contributed by atoms with Crippen LogP contribution in [0.4, 0.5) is 0 Å². The number of hydrogen-bond acceptors (Lipinski definition) is 4. The summed E-state index contributed by atoms with van der Waals surface area (Å²) in [4.78, 5) is 16.9. The van der Waals surface area contributed by atoms with E-state index in [9.17, 15) is 13.2 Å². The van der Waals surface area contributed by atoms with Crippen molar-refractivity contribution in [3.8, 4) is 0 Å². The lowest BCUT2D eigenvalue weighted by Gasteiger charge is -2.41. The molecule has 1 aromatic rings. The van der Waals surface area contributed by atoms with Gasteiger partial charge < -0.3 is 4.90 Å². The average molecular weight is 406 g/mol. The number of nitrogens with zero attached hydrogens (tertiary/aromatic N) is 3. The molecule has 2 atom stereocenters. The fourth-order valence-electron chi connectivity index (χ4n) is 4.14. The molecule has 0 spiro atoms. The Morgan fingerprint density at radius 3 is 2.25 bits per heavy atom. The van der Waals surface area contributed by atoms with Gasteiger partial charge in [0.05, 0.1) is 6.54 Å². The highest BCUT2D eigenvalue weighted by atomic mass is 32.2. The fourth-order valence-corrected chi connectivity index (χ4v) is 5.32. The molecule has 1 aromatic carbocycles. The van der Waals surface area contributed by atoms with Gasteiger partial charge in [-0.1, -0.05) is 30.3 Å². The van der Waals surface area contributed by atoms with E-state index in [4.69, 9.17) is 0 Å². The third kappa shape index (κ3) is 5.21. The second kappa shape index (κ2) is 9.20. The van der Waals surface area contributed by atoms with Crippen LogP contribution in [0.15, 0.2) is 35.7 Å². The number of carbonyl (C=O) groups is 1. The van der Waals surface area contributed by atoms with Crippen molar-refractivity contribution in [2.24, 2.45) is 0 Å². The maximum Gasteiger partial charge on any atom is 0.237 e. The van der Waals surface area contributed by atoms with Crippen molar-refractivity contribution in [2.75, 3.05) is 32.7 Å². The number of sulfonamides is 1. The first-order valence-electron chi connectivity index (χ1n) is 10.1. The third-order valence-corrected chi connectivity index (χ3v) is 7.33. The monoisotopic (exact) mass is 405 g/mol. The second-order valence-electron chi connectivity index (χ2n) is 7.86. The van der Waals surface area contributed by atoms with Crippen LogP contribution in [0.5, 0.6) is 0 Å². The first-order chi connectivity index (χ1) is 13.4. The van der Waals surface area contributed by atoms with Gasteiger partial charge in [0, 0.05) is 43.7 Å². The molecule has 0 N–H and O–H groups in total. The van der Waals surface area contributed by atoms with E-state index in [-0.39, 0.29) is 5.91 Å². The Hall–Kier alpha value is -1.70.